The Morgan fingerprint density at radius 2 is 1.60 bits per heavy atom. The number of benzene rings is 3. The second-order valence-corrected chi connectivity index (χ2v) is 16.8. The Labute approximate surface area is 317 Å². The van der Waals surface area contributed by atoms with Gasteiger partial charge >= 0.3 is 5.97 Å². The molecule has 0 radical (unpaired) electrons. The Kier molecular flexibility index (Phi) is 14.6. The monoisotopic (exact) mass is 767 g/mol. The summed E-state index contributed by atoms with van der Waals surface area (Å²) in [6.07, 6.45) is 7.63. The van der Waals surface area contributed by atoms with Crippen molar-refractivity contribution >= 4 is 50.8 Å². The molecule has 13 heteroatoms. The number of aliphatic carboxylic acids is 1. The molecular formula is C40H53N3O8S2. The van der Waals surface area contributed by atoms with Crippen molar-refractivity contribution in [3.8, 4) is 11.5 Å². The number of sulfone groups is 1. The van der Waals surface area contributed by atoms with Gasteiger partial charge in [0.05, 0.1) is 21.2 Å². The lowest BCUT2D eigenvalue weighted by Crippen LogP contribution is -2.50. The molecule has 0 aliphatic carbocycles. The maximum atomic E-state index is 14.4. The molecule has 3 atom stereocenters. The normalized spacial score (nSPS) is 16.4. The predicted molar refractivity (Wildman–Crippen MR) is 209 cm³/mol. The first-order chi connectivity index (χ1) is 25.3. The molecule has 11 nitrogen and oxygen atoms in total. The maximum Gasteiger partial charge on any atom is 0.326 e. The van der Waals surface area contributed by atoms with Crippen molar-refractivity contribution in [1.82, 2.24) is 10.6 Å². The minimum atomic E-state index is -3.82. The molecule has 1 aliphatic rings. The number of nitrogens with one attached hydrogen (secondary N) is 2. The van der Waals surface area contributed by atoms with Crippen molar-refractivity contribution in [2.75, 3.05) is 30.1 Å². The van der Waals surface area contributed by atoms with Crippen LogP contribution in [0.1, 0.15) is 84.2 Å². The van der Waals surface area contributed by atoms with Crippen molar-refractivity contribution in [3.05, 3.63) is 72.3 Å². The number of carbonyl (C=O) groups is 3. The summed E-state index contributed by atoms with van der Waals surface area (Å²) < 4.78 is 34.9. The van der Waals surface area contributed by atoms with E-state index in [9.17, 15) is 33.0 Å². The second-order valence-electron chi connectivity index (χ2n) is 13.9. The van der Waals surface area contributed by atoms with E-state index in [0.29, 0.717) is 29.1 Å². The summed E-state index contributed by atoms with van der Waals surface area (Å²) in [7, 11) is -3.82. The zero-order valence-corrected chi connectivity index (χ0v) is 32.9. The van der Waals surface area contributed by atoms with E-state index in [1.54, 1.807) is 6.92 Å². The minimum absolute atomic E-state index is 0.00766. The van der Waals surface area contributed by atoms with E-state index < -0.39 is 51.7 Å². The van der Waals surface area contributed by atoms with Gasteiger partial charge in [-0.05, 0) is 60.9 Å². The highest BCUT2D eigenvalue weighted by Crippen LogP contribution is 2.47. The lowest BCUT2D eigenvalue weighted by molar-refractivity contribution is -0.143. The van der Waals surface area contributed by atoms with Gasteiger partial charge in [-0.3, -0.25) is 9.59 Å². The summed E-state index contributed by atoms with van der Waals surface area (Å²) in [6.45, 7) is 7.74. The zero-order valence-electron chi connectivity index (χ0n) is 31.3. The van der Waals surface area contributed by atoms with Crippen molar-refractivity contribution in [2.24, 2.45) is 11.3 Å². The van der Waals surface area contributed by atoms with Crippen LogP contribution in [0, 0.1) is 11.3 Å². The number of anilines is 2. The Balaban J connectivity index is 1.68. The zero-order chi connectivity index (χ0) is 38.8. The molecule has 3 aromatic rings. The number of rotatable bonds is 18. The number of thioether (sulfide) groups is 1. The quantitative estimate of drug-likeness (QED) is 0.0970. The number of carboxylic acids is 1. The van der Waals surface area contributed by atoms with Crippen LogP contribution in [0.3, 0.4) is 0 Å². The molecule has 53 heavy (non-hydrogen) atoms. The number of hydrogen-bond donors (Lipinski definition) is 4. The number of ether oxygens (including phenoxy) is 1. The van der Waals surface area contributed by atoms with Gasteiger partial charge < -0.3 is 30.5 Å². The van der Waals surface area contributed by atoms with Crippen LogP contribution in [-0.4, -0.2) is 67.6 Å². The highest BCUT2D eigenvalue weighted by atomic mass is 32.2. The molecule has 288 valence electrons. The fourth-order valence-corrected chi connectivity index (χ4v) is 9.48. The van der Waals surface area contributed by atoms with Crippen molar-refractivity contribution in [2.45, 2.75) is 94.5 Å². The van der Waals surface area contributed by atoms with Gasteiger partial charge in [-0.2, -0.15) is 0 Å². The summed E-state index contributed by atoms with van der Waals surface area (Å²) in [4.78, 5) is 41.8. The molecule has 0 fully saturated rings. The largest absolute Gasteiger partial charge is 0.508 e. The van der Waals surface area contributed by atoms with Crippen LogP contribution < -0.4 is 20.3 Å². The van der Waals surface area contributed by atoms with Gasteiger partial charge in [-0.15, -0.1) is 11.8 Å². The van der Waals surface area contributed by atoms with Gasteiger partial charge in [0.1, 0.15) is 23.6 Å². The Hall–Kier alpha value is -4.23. The van der Waals surface area contributed by atoms with Crippen LogP contribution in [0.4, 0.5) is 11.4 Å². The number of hydrogen-bond acceptors (Lipinski definition) is 9. The molecule has 4 N–H and O–H groups in total. The molecule has 1 unspecified atom stereocenters. The number of phenolic OH excluding ortho intramolecular Hbond substituents is 1. The topological polar surface area (TPSA) is 162 Å². The molecule has 1 aliphatic heterocycles. The number of carboxylic acid groups (broad SMARTS) is 1. The molecule has 2 amide bonds. The minimum Gasteiger partial charge on any atom is -0.508 e. The first-order valence-electron chi connectivity index (χ1n) is 18.3. The highest BCUT2D eigenvalue weighted by molar-refractivity contribution is 7.98. The van der Waals surface area contributed by atoms with Crippen molar-refractivity contribution in [3.63, 3.8) is 0 Å². The van der Waals surface area contributed by atoms with Crippen LogP contribution in [0.25, 0.3) is 0 Å². The van der Waals surface area contributed by atoms with Gasteiger partial charge in [-0.25, -0.2) is 13.2 Å². The predicted octanol–water partition coefficient (Wildman–Crippen LogP) is 7.26. The van der Waals surface area contributed by atoms with Crippen molar-refractivity contribution < 1.29 is 37.8 Å². The average Bonchev–Trinajstić information content (AvgIpc) is 3.24. The van der Waals surface area contributed by atoms with Crippen LogP contribution in [0.2, 0.25) is 0 Å². The molecule has 0 bridgehead atoms. The maximum absolute atomic E-state index is 14.4. The second kappa shape index (κ2) is 18.7. The number of nitrogens with zero attached hydrogens (tertiary/aromatic N) is 1. The summed E-state index contributed by atoms with van der Waals surface area (Å²) in [5.41, 5.74) is 1.29. The van der Waals surface area contributed by atoms with Crippen LogP contribution in [-0.2, 0) is 24.2 Å². The SMILES string of the molecule is CCCCC1(CCCC)CN(c2ccccc2)c2cc(SC)c(OCC(=O)NC(C(=O)N[C@@H](C(=O)O)[C@@H](C)CC)c3ccc(O)cc3)cc2S(=O)(=O)C1. The Morgan fingerprint density at radius 3 is 2.17 bits per heavy atom. The molecule has 0 aromatic heterocycles. The van der Waals surface area contributed by atoms with E-state index >= 15 is 0 Å². The number of fused-ring (bicyclic) bond motifs is 1. The Morgan fingerprint density at radius 1 is 0.962 bits per heavy atom. The molecular weight excluding hydrogens is 715 g/mol. The van der Waals surface area contributed by atoms with E-state index in [2.05, 4.69) is 29.4 Å². The lowest BCUT2D eigenvalue weighted by Gasteiger charge is -2.37. The summed E-state index contributed by atoms with van der Waals surface area (Å²) in [5, 5.41) is 24.8. The number of para-hydroxylation sites is 1. The molecule has 4 rings (SSSR count). The number of unbranched alkanes of at least 4 members (excludes halogenated alkanes) is 2. The smallest absolute Gasteiger partial charge is 0.326 e. The van der Waals surface area contributed by atoms with Crippen LogP contribution in [0.5, 0.6) is 11.5 Å². The molecule has 0 spiro atoms. The van der Waals surface area contributed by atoms with E-state index in [1.165, 1.54) is 42.1 Å². The number of phenols is 1. The fraction of sp³-hybridized carbons (Fsp3) is 0.475. The lowest BCUT2D eigenvalue weighted by atomic mass is 9.79. The summed E-state index contributed by atoms with van der Waals surface area (Å²) in [5.74, 6) is -2.86. The number of aromatic hydroxyl groups is 1. The highest BCUT2D eigenvalue weighted by Gasteiger charge is 2.42. The van der Waals surface area contributed by atoms with E-state index in [0.717, 1.165) is 44.2 Å². The van der Waals surface area contributed by atoms with Gasteiger partial charge in [0.25, 0.3) is 5.91 Å². The van der Waals surface area contributed by atoms with Crippen LogP contribution in [0.15, 0.2) is 76.5 Å². The third-order valence-electron chi connectivity index (χ3n) is 9.98. The summed E-state index contributed by atoms with van der Waals surface area (Å²) in [6, 6.07) is 16.3. The first-order valence-corrected chi connectivity index (χ1v) is 21.2. The van der Waals surface area contributed by atoms with Crippen molar-refractivity contribution in [1.29, 1.82) is 0 Å². The molecule has 1 heterocycles. The van der Waals surface area contributed by atoms with E-state index in [1.807, 2.05) is 49.6 Å². The molecule has 0 saturated carbocycles. The van der Waals surface area contributed by atoms with E-state index in [4.69, 9.17) is 4.74 Å². The standard InChI is InChI=1S/C40H53N3O8S2/c1-6-9-20-40(21-10-7-2)25-43(29-14-12-11-13-15-29)31-22-33(52-5)32(23-34(31)53(49,50)26-40)51-24-35(45)41-37(28-16-18-30(44)19-17-28)38(46)42-36(39(47)48)27(4)8-3/h11-19,22-23,27,36-37,44H,6-10,20-21,24-26H2,1-5H3,(H,41,45)(H,42,46)(H,47,48)/t27-,36+,37?/m0/s1. The third-order valence-corrected chi connectivity index (χ3v) is 12.7. The van der Waals surface area contributed by atoms with Gasteiger partial charge in [-0.1, -0.05) is 90.1 Å². The Bertz CT molecular complexity index is 1810. The average molecular weight is 768 g/mol. The third kappa shape index (κ3) is 10.5. The number of carbonyl (C=O) groups excluding carboxylic acids is 2. The van der Waals surface area contributed by atoms with Gasteiger partial charge in [0, 0.05) is 23.7 Å². The van der Waals surface area contributed by atoms with Gasteiger partial charge in [0.15, 0.2) is 16.4 Å². The van der Waals surface area contributed by atoms with Crippen LogP contribution >= 0.6 is 11.8 Å². The molecule has 0 saturated heterocycles. The van der Waals surface area contributed by atoms with E-state index in [-0.39, 0.29) is 28.1 Å². The number of amides is 2. The fourth-order valence-electron chi connectivity index (χ4n) is 6.81. The van der Waals surface area contributed by atoms with Gasteiger partial charge in [0.2, 0.25) is 5.91 Å². The summed E-state index contributed by atoms with van der Waals surface area (Å²) >= 11 is 1.36. The first kappa shape index (κ1) is 41.5. The molecule has 3 aromatic carbocycles.